The summed E-state index contributed by atoms with van der Waals surface area (Å²) < 4.78 is 18.6. The lowest BCUT2D eigenvalue weighted by atomic mass is 10.0. The van der Waals surface area contributed by atoms with Crippen molar-refractivity contribution >= 4 is 11.6 Å². The minimum absolute atomic E-state index is 0.0378. The van der Waals surface area contributed by atoms with Crippen molar-refractivity contribution in [1.82, 2.24) is 0 Å². The summed E-state index contributed by atoms with van der Waals surface area (Å²) in [6.45, 7) is 0.0378. The Morgan fingerprint density at radius 3 is 2.74 bits per heavy atom. The lowest BCUT2D eigenvalue weighted by molar-refractivity contribution is -0.120. The zero-order valence-electron chi connectivity index (χ0n) is 10.4. The number of carbonyl (C=O) groups is 1. The molecular weight excluding hydrogens is 245 g/mol. The smallest absolute Gasteiger partial charge is 0.264 e. The fraction of sp³-hybridized carbons (Fsp3) is 0.133. The van der Waals surface area contributed by atoms with Crippen LogP contribution in [-0.2, 0) is 4.79 Å². The number of benzene rings is 2. The number of amides is 1. The zero-order valence-corrected chi connectivity index (χ0v) is 10.4. The molecule has 3 rings (SSSR count). The van der Waals surface area contributed by atoms with Crippen molar-refractivity contribution in [2.75, 3.05) is 18.6 Å². The highest BCUT2D eigenvalue weighted by atomic mass is 19.1. The van der Waals surface area contributed by atoms with Gasteiger partial charge in [-0.25, -0.2) is 4.39 Å². The Kier molecular flexibility index (Phi) is 2.71. The first kappa shape index (κ1) is 11.7. The van der Waals surface area contributed by atoms with Crippen molar-refractivity contribution in [3.63, 3.8) is 0 Å². The summed E-state index contributed by atoms with van der Waals surface area (Å²) in [6, 6.07) is 11.9. The van der Waals surface area contributed by atoms with Gasteiger partial charge in [-0.15, -0.1) is 0 Å². The first-order valence-electron chi connectivity index (χ1n) is 5.94. The predicted molar refractivity (Wildman–Crippen MR) is 70.7 cm³/mol. The number of ether oxygens (including phenoxy) is 1. The van der Waals surface area contributed by atoms with Crippen LogP contribution in [0.5, 0.6) is 5.75 Å². The molecule has 0 spiro atoms. The summed E-state index contributed by atoms with van der Waals surface area (Å²) in [7, 11) is 1.71. The van der Waals surface area contributed by atoms with Crippen LogP contribution in [-0.4, -0.2) is 19.6 Å². The van der Waals surface area contributed by atoms with Gasteiger partial charge < -0.3 is 9.64 Å². The van der Waals surface area contributed by atoms with Crippen molar-refractivity contribution < 1.29 is 13.9 Å². The number of carbonyl (C=O) groups excluding carboxylic acids is 1. The van der Waals surface area contributed by atoms with Crippen LogP contribution < -0.4 is 9.64 Å². The van der Waals surface area contributed by atoms with Crippen LogP contribution in [0.1, 0.15) is 0 Å². The maximum atomic E-state index is 13.2. The van der Waals surface area contributed by atoms with E-state index < -0.39 is 0 Å². The maximum Gasteiger partial charge on any atom is 0.264 e. The molecule has 0 unspecified atom stereocenters. The zero-order chi connectivity index (χ0) is 13.4. The third kappa shape index (κ3) is 2.05. The Hall–Kier alpha value is -2.36. The second-order valence-electron chi connectivity index (χ2n) is 4.43. The van der Waals surface area contributed by atoms with E-state index >= 15 is 0 Å². The molecule has 0 N–H and O–H groups in total. The normalized spacial score (nSPS) is 14.0. The molecule has 0 radical (unpaired) electrons. The largest absolute Gasteiger partial charge is 0.482 e. The van der Waals surface area contributed by atoms with Crippen LogP contribution >= 0.6 is 0 Å². The predicted octanol–water partition coefficient (Wildman–Crippen LogP) is 2.85. The number of fused-ring (bicyclic) bond motifs is 1. The standard InChI is InChI=1S/C15H12FNO2/c1-17-13-6-5-11(8-14(13)19-9-15(17)18)10-3-2-4-12(16)7-10/h2-8H,9H2,1H3. The molecule has 0 saturated carbocycles. The number of hydrogen-bond acceptors (Lipinski definition) is 2. The number of rotatable bonds is 1. The summed E-state index contributed by atoms with van der Waals surface area (Å²) in [5.74, 6) is 0.290. The van der Waals surface area contributed by atoms with Crippen molar-refractivity contribution in [3.8, 4) is 16.9 Å². The Labute approximate surface area is 110 Å². The van der Waals surface area contributed by atoms with E-state index in [1.54, 1.807) is 18.0 Å². The van der Waals surface area contributed by atoms with Crippen molar-refractivity contribution in [2.45, 2.75) is 0 Å². The first-order chi connectivity index (χ1) is 9.15. The molecule has 19 heavy (non-hydrogen) atoms. The number of likely N-dealkylation sites (N-methyl/N-ethyl adjacent to an activating group) is 1. The highest BCUT2D eigenvalue weighted by Gasteiger charge is 2.22. The van der Waals surface area contributed by atoms with Crippen LogP contribution in [0.15, 0.2) is 42.5 Å². The first-order valence-corrected chi connectivity index (χ1v) is 5.94. The van der Waals surface area contributed by atoms with Gasteiger partial charge in [-0.3, -0.25) is 4.79 Å². The van der Waals surface area contributed by atoms with Crippen molar-refractivity contribution in [1.29, 1.82) is 0 Å². The van der Waals surface area contributed by atoms with Gasteiger partial charge in [0.1, 0.15) is 11.6 Å². The topological polar surface area (TPSA) is 29.5 Å². The van der Waals surface area contributed by atoms with E-state index in [1.807, 2.05) is 24.3 Å². The SMILES string of the molecule is CN1C(=O)COc2cc(-c3cccc(F)c3)ccc21. The van der Waals surface area contributed by atoms with E-state index in [1.165, 1.54) is 12.1 Å². The summed E-state index contributed by atoms with van der Waals surface area (Å²) >= 11 is 0. The van der Waals surface area contributed by atoms with E-state index in [0.29, 0.717) is 5.75 Å². The van der Waals surface area contributed by atoms with Gasteiger partial charge in [0.05, 0.1) is 5.69 Å². The molecule has 1 aliphatic rings. The molecule has 0 saturated heterocycles. The van der Waals surface area contributed by atoms with Crippen LogP contribution in [0.2, 0.25) is 0 Å². The molecule has 1 heterocycles. The van der Waals surface area contributed by atoms with E-state index in [0.717, 1.165) is 16.8 Å². The number of anilines is 1. The van der Waals surface area contributed by atoms with Crippen molar-refractivity contribution in [2.24, 2.45) is 0 Å². The summed E-state index contributed by atoms with van der Waals surface area (Å²) in [6.07, 6.45) is 0. The summed E-state index contributed by atoms with van der Waals surface area (Å²) in [5.41, 5.74) is 2.38. The van der Waals surface area contributed by atoms with Gasteiger partial charge in [0.15, 0.2) is 6.61 Å². The lowest BCUT2D eigenvalue weighted by Gasteiger charge is -2.26. The van der Waals surface area contributed by atoms with E-state index in [4.69, 9.17) is 4.74 Å². The molecule has 0 atom stereocenters. The minimum atomic E-state index is -0.275. The number of halogens is 1. The molecule has 0 aromatic heterocycles. The molecule has 2 aromatic rings. The molecule has 2 aromatic carbocycles. The molecule has 4 heteroatoms. The Bertz CT molecular complexity index is 654. The third-order valence-corrected chi connectivity index (χ3v) is 3.20. The van der Waals surface area contributed by atoms with Gasteiger partial charge in [-0.2, -0.15) is 0 Å². The van der Waals surface area contributed by atoms with Crippen molar-refractivity contribution in [3.05, 3.63) is 48.3 Å². The number of hydrogen-bond donors (Lipinski definition) is 0. The molecule has 0 bridgehead atoms. The Morgan fingerprint density at radius 2 is 1.95 bits per heavy atom. The molecule has 96 valence electrons. The highest BCUT2D eigenvalue weighted by Crippen LogP contribution is 2.35. The molecule has 1 aliphatic heterocycles. The van der Waals surface area contributed by atoms with Crippen LogP contribution in [0.25, 0.3) is 11.1 Å². The van der Waals surface area contributed by atoms with E-state index in [2.05, 4.69) is 0 Å². The second-order valence-corrected chi connectivity index (χ2v) is 4.43. The Morgan fingerprint density at radius 1 is 1.16 bits per heavy atom. The highest BCUT2D eigenvalue weighted by molar-refractivity contribution is 5.97. The molecule has 0 aliphatic carbocycles. The fourth-order valence-electron chi connectivity index (χ4n) is 2.13. The maximum absolute atomic E-state index is 13.2. The van der Waals surface area contributed by atoms with Gasteiger partial charge in [-0.1, -0.05) is 18.2 Å². The molecule has 3 nitrogen and oxygen atoms in total. The van der Waals surface area contributed by atoms with E-state index in [9.17, 15) is 9.18 Å². The van der Waals surface area contributed by atoms with Gasteiger partial charge >= 0.3 is 0 Å². The quantitative estimate of drug-likeness (QED) is 0.786. The monoisotopic (exact) mass is 257 g/mol. The minimum Gasteiger partial charge on any atom is -0.482 e. The van der Waals surface area contributed by atoms with Gasteiger partial charge in [0, 0.05) is 7.05 Å². The van der Waals surface area contributed by atoms with Gasteiger partial charge in [-0.05, 0) is 35.4 Å². The molecule has 0 fully saturated rings. The second kappa shape index (κ2) is 4.39. The number of nitrogens with zero attached hydrogens (tertiary/aromatic N) is 1. The summed E-state index contributed by atoms with van der Waals surface area (Å²) in [5, 5.41) is 0. The Balaban J connectivity index is 2.05. The average molecular weight is 257 g/mol. The van der Waals surface area contributed by atoms with Gasteiger partial charge in [0.2, 0.25) is 0 Å². The summed E-state index contributed by atoms with van der Waals surface area (Å²) in [4.78, 5) is 13.1. The lowest BCUT2D eigenvalue weighted by Crippen LogP contribution is -2.35. The van der Waals surface area contributed by atoms with E-state index in [-0.39, 0.29) is 18.3 Å². The van der Waals surface area contributed by atoms with Crippen LogP contribution in [0, 0.1) is 5.82 Å². The third-order valence-electron chi connectivity index (χ3n) is 3.20. The fourth-order valence-corrected chi connectivity index (χ4v) is 2.13. The average Bonchev–Trinajstić information content (AvgIpc) is 2.43. The van der Waals surface area contributed by atoms with Gasteiger partial charge in [0.25, 0.3) is 5.91 Å². The van der Waals surface area contributed by atoms with Crippen LogP contribution in [0.4, 0.5) is 10.1 Å². The van der Waals surface area contributed by atoms with Crippen LogP contribution in [0.3, 0.4) is 0 Å². The molecular formula is C15H12FNO2. The molecule has 1 amide bonds.